The number of carbonyl (C=O) groups excluding carboxylic acids is 2. The Morgan fingerprint density at radius 1 is 1.09 bits per heavy atom. The first kappa shape index (κ1) is 23.1. The number of carbonyl (C=O) groups is 2. The van der Waals surface area contributed by atoms with Crippen LogP contribution in [0.1, 0.15) is 12.5 Å². The molecule has 2 amide bonds. The number of anilines is 1. The molecule has 1 aromatic heterocycles. The first-order chi connectivity index (χ1) is 15.5. The van der Waals surface area contributed by atoms with Crippen LogP contribution in [0.4, 0.5) is 5.69 Å². The Morgan fingerprint density at radius 3 is 2.59 bits per heavy atom. The third kappa shape index (κ3) is 5.96. The molecule has 0 radical (unpaired) electrons. The fraction of sp³-hybridized carbons (Fsp3) is 0.167. The quantitative estimate of drug-likeness (QED) is 0.328. The van der Waals surface area contributed by atoms with Gasteiger partial charge in [0.05, 0.1) is 17.4 Å². The molecule has 2 aromatic carbocycles. The Hall–Kier alpha value is -3.62. The molecule has 164 valence electrons. The van der Waals surface area contributed by atoms with E-state index in [0.29, 0.717) is 11.2 Å². The normalized spacial score (nSPS) is 11.8. The van der Waals surface area contributed by atoms with E-state index in [1.165, 1.54) is 18.1 Å². The fourth-order valence-electron chi connectivity index (χ4n) is 3.10. The molecule has 0 bridgehead atoms. The van der Waals surface area contributed by atoms with E-state index in [4.69, 9.17) is 17.0 Å². The monoisotopic (exact) mass is 448 g/mol. The highest BCUT2D eigenvalue weighted by Crippen LogP contribution is 2.25. The van der Waals surface area contributed by atoms with Crippen molar-refractivity contribution < 1.29 is 14.3 Å². The molecular weight excluding hydrogens is 424 g/mol. The van der Waals surface area contributed by atoms with Crippen LogP contribution in [0.25, 0.3) is 17.0 Å². The Kier molecular flexibility index (Phi) is 8.02. The van der Waals surface area contributed by atoms with Crippen molar-refractivity contribution in [3.8, 4) is 0 Å². The maximum absolute atomic E-state index is 12.8. The van der Waals surface area contributed by atoms with Crippen LogP contribution in [0.2, 0.25) is 0 Å². The molecular formula is C24H24N4O3S. The lowest BCUT2D eigenvalue weighted by Gasteiger charge is -2.27. The second kappa shape index (κ2) is 11.1. The first-order valence-electron chi connectivity index (χ1n) is 9.99. The summed E-state index contributed by atoms with van der Waals surface area (Å²) in [5.74, 6) is -0.649. The Morgan fingerprint density at radius 2 is 1.84 bits per heavy atom. The van der Waals surface area contributed by atoms with Crippen LogP contribution in [0.5, 0.6) is 0 Å². The van der Waals surface area contributed by atoms with Gasteiger partial charge in [0.2, 0.25) is 5.91 Å². The minimum atomic E-state index is -0.531. The van der Waals surface area contributed by atoms with Gasteiger partial charge in [0.15, 0.2) is 5.11 Å². The number of methoxy groups -OCH3 is 1. The highest BCUT2D eigenvalue weighted by Gasteiger charge is 2.24. The fourth-order valence-corrected chi connectivity index (χ4v) is 3.47. The van der Waals surface area contributed by atoms with Crippen molar-refractivity contribution in [1.29, 1.82) is 0 Å². The van der Waals surface area contributed by atoms with Crippen molar-refractivity contribution >= 4 is 51.8 Å². The van der Waals surface area contributed by atoms with Crippen molar-refractivity contribution in [2.45, 2.75) is 13.1 Å². The number of amides is 2. The van der Waals surface area contributed by atoms with Crippen molar-refractivity contribution in [3.63, 3.8) is 0 Å². The predicted octanol–water partition coefficient (Wildman–Crippen LogP) is 3.26. The average molecular weight is 449 g/mol. The molecule has 2 N–H and O–H groups in total. The molecule has 32 heavy (non-hydrogen) atoms. The number of ether oxygens (including phenoxy) is 1. The maximum atomic E-state index is 12.8. The molecule has 0 aliphatic carbocycles. The molecule has 0 saturated heterocycles. The number of rotatable bonds is 7. The van der Waals surface area contributed by atoms with E-state index in [-0.39, 0.29) is 23.5 Å². The van der Waals surface area contributed by atoms with E-state index < -0.39 is 6.17 Å². The van der Waals surface area contributed by atoms with Gasteiger partial charge in [-0.05, 0) is 42.9 Å². The molecule has 1 unspecified atom stereocenters. The Labute approximate surface area is 192 Å². The van der Waals surface area contributed by atoms with Gasteiger partial charge in [-0.1, -0.05) is 48.5 Å². The van der Waals surface area contributed by atoms with Crippen LogP contribution < -0.4 is 15.5 Å². The molecule has 0 aliphatic heterocycles. The van der Waals surface area contributed by atoms with Crippen molar-refractivity contribution in [2.75, 3.05) is 18.6 Å². The zero-order valence-corrected chi connectivity index (χ0v) is 18.6. The van der Waals surface area contributed by atoms with E-state index in [9.17, 15) is 9.59 Å². The van der Waals surface area contributed by atoms with Gasteiger partial charge in [-0.25, -0.2) is 0 Å². The average Bonchev–Trinajstić information content (AvgIpc) is 2.79. The minimum Gasteiger partial charge on any atom is -0.375 e. The number of nitrogens with one attached hydrogen (secondary N) is 2. The number of thiocarbonyl (C=S) groups is 1. The summed E-state index contributed by atoms with van der Waals surface area (Å²) < 4.78 is 5.03. The maximum Gasteiger partial charge on any atom is 0.259 e. The van der Waals surface area contributed by atoms with E-state index in [1.807, 2.05) is 54.6 Å². The van der Waals surface area contributed by atoms with Crippen LogP contribution >= 0.6 is 12.2 Å². The predicted molar refractivity (Wildman–Crippen MR) is 130 cm³/mol. The molecule has 3 aromatic rings. The van der Waals surface area contributed by atoms with Crippen LogP contribution in [0, 0.1) is 0 Å². The highest BCUT2D eigenvalue weighted by molar-refractivity contribution is 7.80. The van der Waals surface area contributed by atoms with Gasteiger partial charge < -0.3 is 15.4 Å². The van der Waals surface area contributed by atoms with Crippen molar-refractivity contribution in [2.24, 2.45) is 0 Å². The second-order valence-electron chi connectivity index (χ2n) is 6.94. The third-order valence-corrected chi connectivity index (χ3v) is 4.80. The lowest BCUT2D eigenvalue weighted by atomic mass is 10.2. The van der Waals surface area contributed by atoms with Gasteiger partial charge in [-0.15, -0.1) is 0 Å². The Bertz CT molecular complexity index is 1130. The lowest BCUT2D eigenvalue weighted by molar-refractivity contribution is -0.121. The molecule has 1 atom stereocenters. The molecule has 0 spiro atoms. The summed E-state index contributed by atoms with van der Waals surface area (Å²) >= 11 is 5.52. The first-order valence-corrected chi connectivity index (χ1v) is 10.4. The van der Waals surface area contributed by atoms with Crippen LogP contribution in [0.15, 0.2) is 72.9 Å². The van der Waals surface area contributed by atoms with Gasteiger partial charge in [-0.2, -0.15) is 0 Å². The number of para-hydroxylation sites is 1. The topological polar surface area (TPSA) is 83.6 Å². The largest absolute Gasteiger partial charge is 0.375 e. The van der Waals surface area contributed by atoms with Crippen molar-refractivity contribution in [1.82, 2.24) is 15.6 Å². The summed E-state index contributed by atoms with van der Waals surface area (Å²) in [5, 5.41) is 6.79. The van der Waals surface area contributed by atoms with Gasteiger partial charge in [0, 0.05) is 24.8 Å². The van der Waals surface area contributed by atoms with Gasteiger partial charge in [0.1, 0.15) is 6.61 Å². The Balaban J connectivity index is 1.74. The third-order valence-electron chi connectivity index (χ3n) is 4.50. The smallest absolute Gasteiger partial charge is 0.259 e. The van der Waals surface area contributed by atoms with Crippen molar-refractivity contribution in [3.05, 3.63) is 78.5 Å². The number of aromatic nitrogens is 1. The SMILES string of the molecule is COCC(=O)N(C(=S)NC(C)NC(=O)/C=C/c1ccccc1)c1cccc2cccnc12. The highest BCUT2D eigenvalue weighted by atomic mass is 32.1. The summed E-state index contributed by atoms with van der Waals surface area (Å²) in [5.41, 5.74) is 2.08. The van der Waals surface area contributed by atoms with E-state index in [0.717, 1.165) is 10.9 Å². The number of fused-ring (bicyclic) bond motifs is 1. The van der Waals surface area contributed by atoms with E-state index in [2.05, 4.69) is 15.6 Å². The number of hydrogen-bond donors (Lipinski definition) is 2. The zero-order valence-electron chi connectivity index (χ0n) is 17.8. The molecule has 0 fully saturated rings. The van der Waals surface area contributed by atoms with Gasteiger partial charge in [0.25, 0.3) is 5.91 Å². The summed E-state index contributed by atoms with van der Waals surface area (Å²) in [7, 11) is 1.44. The summed E-state index contributed by atoms with van der Waals surface area (Å²) in [6, 6.07) is 18.7. The standard InChI is InChI=1S/C24H24N4O3S/c1-17(26-21(29)14-13-18-8-4-3-5-9-18)27-24(32)28(22(30)16-31-2)20-12-6-10-19-11-7-15-25-23(19)20/h3-15,17H,16H2,1-2H3,(H,26,29)(H,27,32)/b14-13+. The van der Waals surface area contributed by atoms with E-state index >= 15 is 0 Å². The molecule has 8 heteroatoms. The van der Waals surface area contributed by atoms with Crippen LogP contribution in [0.3, 0.4) is 0 Å². The molecule has 0 aliphatic rings. The molecule has 1 heterocycles. The van der Waals surface area contributed by atoms with Crippen LogP contribution in [-0.4, -0.2) is 41.8 Å². The van der Waals surface area contributed by atoms with E-state index in [1.54, 1.807) is 25.3 Å². The zero-order chi connectivity index (χ0) is 22.9. The molecule has 3 rings (SSSR count). The second-order valence-corrected chi connectivity index (χ2v) is 7.32. The van der Waals surface area contributed by atoms with Gasteiger partial charge >= 0.3 is 0 Å². The molecule has 0 saturated carbocycles. The summed E-state index contributed by atoms with van der Waals surface area (Å²) in [6.07, 6.45) is 4.29. The summed E-state index contributed by atoms with van der Waals surface area (Å²) in [4.78, 5) is 30.9. The van der Waals surface area contributed by atoms with Gasteiger partial charge in [-0.3, -0.25) is 19.5 Å². The number of benzene rings is 2. The number of hydrogen-bond acceptors (Lipinski definition) is 5. The molecule has 7 nitrogen and oxygen atoms in total. The number of pyridine rings is 1. The number of nitrogens with zero attached hydrogens (tertiary/aromatic N) is 2. The minimum absolute atomic E-state index is 0.130. The summed E-state index contributed by atoms with van der Waals surface area (Å²) in [6.45, 7) is 1.58. The lowest BCUT2D eigenvalue weighted by Crippen LogP contribution is -2.53. The van der Waals surface area contributed by atoms with Crippen LogP contribution in [-0.2, 0) is 14.3 Å².